The first-order valence-electron chi connectivity index (χ1n) is 7.34. The molecule has 1 saturated heterocycles. The molecule has 1 atom stereocenters. The van der Waals surface area contributed by atoms with E-state index in [0.29, 0.717) is 29.2 Å². The minimum atomic E-state index is -0.110. The van der Waals surface area contributed by atoms with Gasteiger partial charge < -0.3 is 20.9 Å². The second-order valence-electron chi connectivity index (χ2n) is 6.06. The fourth-order valence-electron chi connectivity index (χ4n) is 2.49. The maximum absolute atomic E-state index is 12.2. The predicted molar refractivity (Wildman–Crippen MR) is 88.0 cm³/mol. The Hall–Kier alpha value is -1.34. The molecule has 1 amide bonds. The van der Waals surface area contributed by atoms with E-state index in [4.69, 9.17) is 5.73 Å². The lowest BCUT2D eigenvalue weighted by atomic mass is 10.1. The maximum Gasteiger partial charge on any atom is 0.265 e. The molecule has 6 nitrogen and oxygen atoms in total. The van der Waals surface area contributed by atoms with E-state index in [1.54, 1.807) is 0 Å². The van der Waals surface area contributed by atoms with Crippen molar-refractivity contribution in [3.63, 3.8) is 0 Å². The predicted octanol–water partition coefficient (Wildman–Crippen LogP) is 1.25. The summed E-state index contributed by atoms with van der Waals surface area (Å²) in [7, 11) is 3.78. The lowest BCUT2D eigenvalue weighted by molar-refractivity contribution is 0.0952. The number of carbonyl (C=O) groups is 1. The highest BCUT2D eigenvalue weighted by Crippen LogP contribution is 2.26. The second-order valence-corrected chi connectivity index (χ2v) is 7.04. The Morgan fingerprint density at radius 3 is 2.81 bits per heavy atom. The fraction of sp³-hybridized carbons (Fsp3) is 0.714. The highest BCUT2D eigenvalue weighted by molar-refractivity contribution is 7.18. The van der Waals surface area contributed by atoms with E-state index >= 15 is 0 Å². The third-order valence-electron chi connectivity index (χ3n) is 3.83. The average Bonchev–Trinajstić information content (AvgIpc) is 3.02. The summed E-state index contributed by atoms with van der Waals surface area (Å²) in [6.45, 7) is 7.30. The molecule has 1 aliphatic rings. The molecule has 1 unspecified atom stereocenters. The lowest BCUT2D eigenvalue weighted by Crippen LogP contribution is -2.32. The van der Waals surface area contributed by atoms with E-state index in [1.807, 2.05) is 19.0 Å². The van der Waals surface area contributed by atoms with Crippen LogP contribution in [0.2, 0.25) is 0 Å². The standard InChI is InChI=1S/C14H25N5OS/c1-9(2)19-6-5-10(8-19)7-16-13(20)11-12(15)17-14(21-11)18(3)4/h9-10H,5-8,15H2,1-4H3,(H,16,20). The number of hydrogen-bond donors (Lipinski definition) is 2. The van der Waals surface area contributed by atoms with Crippen LogP contribution >= 0.6 is 11.3 Å². The molecule has 1 aromatic rings. The summed E-state index contributed by atoms with van der Waals surface area (Å²) in [6.07, 6.45) is 1.14. The van der Waals surface area contributed by atoms with Crippen molar-refractivity contribution in [1.82, 2.24) is 15.2 Å². The monoisotopic (exact) mass is 311 g/mol. The Morgan fingerprint density at radius 2 is 2.29 bits per heavy atom. The second kappa shape index (κ2) is 6.62. The molecule has 0 bridgehead atoms. The van der Waals surface area contributed by atoms with E-state index in [9.17, 15) is 4.79 Å². The number of likely N-dealkylation sites (tertiary alicyclic amines) is 1. The third-order valence-corrected chi connectivity index (χ3v) is 5.07. The third kappa shape index (κ3) is 3.85. The van der Waals surface area contributed by atoms with Crippen LogP contribution in [0.5, 0.6) is 0 Å². The SMILES string of the molecule is CC(C)N1CCC(CNC(=O)c2sc(N(C)C)nc2N)C1. The van der Waals surface area contributed by atoms with E-state index in [-0.39, 0.29) is 5.91 Å². The molecule has 21 heavy (non-hydrogen) atoms. The number of hydrogen-bond acceptors (Lipinski definition) is 6. The average molecular weight is 311 g/mol. The largest absolute Gasteiger partial charge is 0.382 e. The minimum Gasteiger partial charge on any atom is -0.382 e. The van der Waals surface area contributed by atoms with Crippen molar-refractivity contribution >= 4 is 28.2 Å². The first-order chi connectivity index (χ1) is 9.88. The number of rotatable bonds is 5. The van der Waals surface area contributed by atoms with Gasteiger partial charge in [-0.05, 0) is 32.7 Å². The number of anilines is 2. The van der Waals surface area contributed by atoms with Crippen LogP contribution in [0.3, 0.4) is 0 Å². The van der Waals surface area contributed by atoms with Crippen molar-refractivity contribution in [2.75, 3.05) is 44.4 Å². The normalized spacial score (nSPS) is 19.2. The van der Waals surface area contributed by atoms with Gasteiger partial charge in [-0.3, -0.25) is 4.79 Å². The van der Waals surface area contributed by atoms with Crippen molar-refractivity contribution in [2.45, 2.75) is 26.3 Å². The molecule has 118 valence electrons. The molecule has 1 fully saturated rings. The van der Waals surface area contributed by atoms with Crippen molar-refractivity contribution in [2.24, 2.45) is 5.92 Å². The van der Waals surface area contributed by atoms with Crippen LogP contribution in [0, 0.1) is 5.92 Å². The van der Waals surface area contributed by atoms with Gasteiger partial charge in [-0.25, -0.2) is 4.98 Å². The number of nitrogen functional groups attached to an aromatic ring is 1. The number of nitrogens with zero attached hydrogens (tertiary/aromatic N) is 3. The first kappa shape index (κ1) is 16.0. The Bertz CT molecular complexity index is 500. The van der Waals surface area contributed by atoms with Crippen molar-refractivity contribution < 1.29 is 4.79 Å². The number of aromatic nitrogens is 1. The van der Waals surface area contributed by atoms with Crippen LogP contribution in [0.15, 0.2) is 0 Å². The first-order valence-corrected chi connectivity index (χ1v) is 8.16. The molecule has 2 heterocycles. The molecule has 2 rings (SSSR count). The van der Waals surface area contributed by atoms with Crippen LogP contribution in [-0.2, 0) is 0 Å². The van der Waals surface area contributed by atoms with Crippen LogP contribution in [0.1, 0.15) is 29.9 Å². The van der Waals surface area contributed by atoms with Gasteiger partial charge in [0.05, 0.1) is 0 Å². The van der Waals surface area contributed by atoms with Gasteiger partial charge in [0.15, 0.2) is 5.13 Å². The van der Waals surface area contributed by atoms with Crippen molar-refractivity contribution in [3.05, 3.63) is 4.88 Å². The summed E-state index contributed by atoms with van der Waals surface area (Å²) in [4.78, 5) is 21.2. The molecule has 0 aliphatic carbocycles. The van der Waals surface area contributed by atoms with Crippen molar-refractivity contribution in [1.29, 1.82) is 0 Å². The highest BCUT2D eigenvalue weighted by atomic mass is 32.1. The zero-order valence-corrected chi connectivity index (χ0v) is 14.0. The Kier molecular flexibility index (Phi) is 5.05. The maximum atomic E-state index is 12.2. The topological polar surface area (TPSA) is 74.5 Å². The fourth-order valence-corrected chi connectivity index (χ4v) is 3.31. The van der Waals surface area contributed by atoms with Crippen LogP contribution in [0.25, 0.3) is 0 Å². The smallest absolute Gasteiger partial charge is 0.265 e. The van der Waals surface area contributed by atoms with Crippen LogP contribution in [0.4, 0.5) is 10.9 Å². The van der Waals surface area contributed by atoms with Gasteiger partial charge in [-0.1, -0.05) is 11.3 Å². The molecular formula is C14H25N5OS. The number of amides is 1. The highest BCUT2D eigenvalue weighted by Gasteiger charge is 2.25. The molecule has 0 aromatic carbocycles. The minimum absolute atomic E-state index is 0.110. The van der Waals surface area contributed by atoms with Gasteiger partial charge in [0.25, 0.3) is 5.91 Å². The quantitative estimate of drug-likeness (QED) is 0.856. The van der Waals surface area contributed by atoms with Crippen molar-refractivity contribution in [3.8, 4) is 0 Å². The molecule has 7 heteroatoms. The van der Waals surface area contributed by atoms with Crippen LogP contribution in [-0.4, -0.2) is 55.6 Å². The van der Waals surface area contributed by atoms with E-state index in [2.05, 4.69) is 29.0 Å². The van der Waals surface area contributed by atoms with Gasteiger partial charge in [0.2, 0.25) is 0 Å². The zero-order valence-electron chi connectivity index (χ0n) is 13.2. The van der Waals surface area contributed by atoms with E-state index in [1.165, 1.54) is 11.3 Å². The number of carbonyl (C=O) groups excluding carboxylic acids is 1. The molecule has 3 N–H and O–H groups in total. The Morgan fingerprint density at radius 1 is 1.57 bits per heavy atom. The van der Waals surface area contributed by atoms with Gasteiger partial charge >= 0.3 is 0 Å². The van der Waals surface area contributed by atoms with Gasteiger partial charge in [0, 0.05) is 33.2 Å². The molecule has 0 spiro atoms. The summed E-state index contributed by atoms with van der Waals surface area (Å²) in [6, 6.07) is 0.575. The van der Waals surface area contributed by atoms with Gasteiger partial charge in [-0.15, -0.1) is 0 Å². The summed E-state index contributed by atoms with van der Waals surface area (Å²) in [5, 5.41) is 3.75. The van der Waals surface area contributed by atoms with Gasteiger partial charge in [0.1, 0.15) is 10.7 Å². The summed E-state index contributed by atoms with van der Waals surface area (Å²) in [5.74, 6) is 0.733. The molecule has 0 saturated carbocycles. The summed E-state index contributed by atoms with van der Waals surface area (Å²) >= 11 is 1.33. The Balaban J connectivity index is 1.88. The zero-order chi connectivity index (χ0) is 15.6. The summed E-state index contributed by atoms with van der Waals surface area (Å²) < 4.78 is 0. The summed E-state index contributed by atoms with van der Waals surface area (Å²) in [5.41, 5.74) is 5.83. The Labute approximate surface area is 130 Å². The van der Waals surface area contributed by atoms with Crippen LogP contribution < -0.4 is 16.0 Å². The van der Waals surface area contributed by atoms with E-state index in [0.717, 1.165) is 24.6 Å². The number of nitrogens with two attached hydrogens (primary N) is 1. The molecular weight excluding hydrogens is 286 g/mol. The van der Waals surface area contributed by atoms with Gasteiger partial charge in [-0.2, -0.15) is 0 Å². The lowest BCUT2D eigenvalue weighted by Gasteiger charge is -2.20. The van der Waals surface area contributed by atoms with E-state index < -0.39 is 0 Å². The molecule has 1 aliphatic heterocycles. The molecule has 1 aromatic heterocycles. The molecule has 0 radical (unpaired) electrons. The number of nitrogens with one attached hydrogen (secondary N) is 1. The number of thiazole rings is 1.